The van der Waals surface area contributed by atoms with Gasteiger partial charge in [0, 0.05) is 49.5 Å². The summed E-state index contributed by atoms with van der Waals surface area (Å²) in [6.07, 6.45) is -1.08. The Morgan fingerprint density at radius 3 is 2.69 bits per heavy atom. The van der Waals surface area contributed by atoms with Gasteiger partial charge in [-0.2, -0.15) is 13.2 Å². The van der Waals surface area contributed by atoms with E-state index >= 15 is 0 Å². The highest BCUT2D eigenvalue weighted by Crippen LogP contribution is 2.27. The number of carbonyl (C=O) groups is 1. The fourth-order valence-corrected chi connectivity index (χ4v) is 4.08. The third-order valence-electron chi connectivity index (χ3n) is 5.91. The van der Waals surface area contributed by atoms with Crippen LogP contribution in [0, 0.1) is 0 Å². The maximum Gasteiger partial charge on any atom is 0.389 e. The second kappa shape index (κ2) is 9.10. The second-order valence-electron chi connectivity index (χ2n) is 8.62. The molecular formula is C25H22F3N5O2. The first-order valence-electron chi connectivity index (χ1n) is 11.2. The number of hydrogen-bond acceptors (Lipinski definition) is 6. The van der Waals surface area contributed by atoms with Gasteiger partial charge >= 0.3 is 6.18 Å². The number of aromatic nitrogens is 4. The number of benzene rings is 1. The zero-order valence-corrected chi connectivity index (χ0v) is 18.6. The Hall–Kier alpha value is -3.79. The number of ketones is 1. The lowest BCUT2D eigenvalue weighted by Crippen LogP contribution is -2.51. The molecule has 3 aromatic heterocycles. The fourth-order valence-electron chi connectivity index (χ4n) is 4.08. The quantitative estimate of drug-likeness (QED) is 0.428. The SMILES string of the molecule is O=C(CCC(F)(F)F)Cc1cccc(-c2cnc3cc(-c4nccc(N5CC(O)C5)n4)ccn23)c1. The third kappa shape index (κ3) is 5.17. The number of halogens is 3. The number of fused-ring (bicyclic) bond motifs is 1. The number of alkyl halides is 3. The molecule has 0 radical (unpaired) electrons. The average Bonchev–Trinajstić information content (AvgIpc) is 3.24. The maximum absolute atomic E-state index is 12.4. The molecule has 7 nitrogen and oxygen atoms in total. The molecule has 0 atom stereocenters. The molecule has 4 heterocycles. The first kappa shape index (κ1) is 23.0. The molecule has 0 amide bonds. The summed E-state index contributed by atoms with van der Waals surface area (Å²) in [5, 5.41) is 9.54. The first-order valence-corrected chi connectivity index (χ1v) is 11.2. The van der Waals surface area contributed by atoms with Crippen LogP contribution in [0.2, 0.25) is 0 Å². The molecule has 1 aromatic carbocycles. The summed E-state index contributed by atoms with van der Waals surface area (Å²) < 4.78 is 39.1. The number of Topliss-reactive ketones (excluding diaryl/α,β-unsaturated/α-hetero) is 1. The van der Waals surface area contributed by atoms with Gasteiger partial charge in [-0.25, -0.2) is 15.0 Å². The van der Waals surface area contributed by atoms with Gasteiger partial charge in [0.2, 0.25) is 0 Å². The number of aliphatic hydroxyl groups is 1. The summed E-state index contributed by atoms with van der Waals surface area (Å²) in [6, 6.07) is 12.7. The Morgan fingerprint density at radius 1 is 1.09 bits per heavy atom. The van der Waals surface area contributed by atoms with E-state index < -0.39 is 24.8 Å². The van der Waals surface area contributed by atoms with Crippen molar-refractivity contribution in [1.29, 1.82) is 0 Å². The van der Waals surface area contributed by atoms with Gasteiger partial charge in [-0.05, 0) is 29.8 Å². The van der Waals surface area contributed by atoms with Crippen molar-refractivity contribution in [3.8, 4) is 22.6 Å². The van der Waals surface area contributed by atoms with Crippen molar-refractivity contribution in [2.75, 3.05) is 18.0 Å². The number of nitrogens with zero attached hydrogens (tertiary/aromatic N) is 5. The van der Waals surface area contributed by atoms with Crippen LogP contribution >= 0.6 is 0 Å². The Morgan fingerprint density at radius 2 is 1.91 bits per heavy atom. The summed E-state index contributed by atoms with van der Waals surface area (Å²) in [7, 11) is 0. The molecule has 5 rings (SSSR count). The van der Waals surface area contributed by atoms with E-state index in [1.165, 1.54) is 0 Å². The van der Waals surface area contributed by atoms with Crippen LogP contribution in [0.5, 0.6) is 0 Å². The number of hydrogen-bond donors (Lipinski definition) is 1. The van der Waals surface area contributed by atoms with Crippen molar-refractivity contribution in [2.24, 2.45) is 0 Å². The highest BCUT2D eigenvalue weighted by Gasteiger charge is 2.28. The van der Waals surface area contributed by atoms with Crippen LogP contribution in [-0.2, 0) is 11.2 Å². The van der Waals surface area contributed by atoms with Gasteiger partial charge in [0.05, 0.1) is 24.4 Å². The number of carbonyl (C=O) groups excluding carboxylic acids is 1. The van der Waals surface area contributed by atoms with E-state index in [1.807, 2.05) is 39.8 Å². The molecule has 4 aromatic rings. The minimum absolute atomic E-state index is 0.0491. The van der Waals surface area contributed by atoms with Gasteiger partial charge < -0.3 is 10.0 Å². The lowest BCUT2D eigenvalue weighted by Gasteiger charge is -2.36. The highest BCUT2D eigenvalue weighted by atomic mass is 19.4. The van der Waals surface area contributed by atoms with Gasteiger partial charge in [-0.3, -0.25) is 9.20 Å². The van der Waals surface area contributed by atoms with E-state index in [0.29, 0.717) is 30.1 Å². The van der Waals surface area contributed by atoms with Crippen molar-refractivity contribution in [2.45, 2.75) is 31.5 Å². The summed E-state index contributed by atoms with van der Waals surface area (Å²) in [6.45, 7) is 1.10. The molecule has 1 N–H and O–H groups in total. The van der Waals surface area contributed by atoms with Crippen molar-refractivity contribution in [3.05, 3.63) is 66.6 Å². The van der Waals surface area contributed by atoms with E-state index in [0.717, 1.165) is 22.6 Å². The first-order chi connectivity index (χ1) is 16.7. The molecule has 1 aliphatic rings. The van der Waals surface area contributed by atoms with Crippen molar-refractivity contribution < 1.29 is 23.1 Å². The minimum Gasteiger partial charge on any atom is -0.389 e. The van der Waals surface area contributed by atoms with E-state index in [-0.39, 0.29) is 12.5 Å². The van der Waals surface area contributed by atoms with Crippen LogP contribution in [0.15, 0.2) is 61.1 Å². The van der Waals surface area contributed by atoms with Crippen molar-refractivity contribution in [1.82, 2.24) is 19.4 Å². The Bertz CT molecular complexity index is 1380. The van der Waals surface area contributed by atoms with Crippen molar-refractivity contribution >= 4 is 17.2 Å². The Balaban J connectivity index is 1.36. The minimum atomic E-state index is -4.34. The number of anilines is 1. The maximum atomic E-state index is 12.4. The Kier molecular flexibility index (Phi) is 5.98. The largest absolute Gasteiger partial charge is 0.389 e. The van der Waals surface area contributed by atoms with Crippen LogP contribution in [0.3, 0.4) is 0 Å². The number of rotatable bonds is 7. The molecule has 0 bridgehead atoms. The number of pyridine rings is 1. The molecule has 1 saturated heterocycles. The predicted octanol–water partition coefficient (Wildman–Crippen LogP) is 4.09. The molecule has 1 aliphatic heterocycles. The molecule has 0 unspecified atom stereocenters. The van der Waals surface area contributed by atoms with Crippen LogP contribution in [0.1, 0.15) is 18.4 Å². The van der Waals surface area contributed by atoms with Gasteiger partial charge in [0.15, 0.2) is 5.82 Å². The monoisotopic (exact) mass is 481 g/mol. The van der Waals surface area contributed by atoms with Gasteiger partial charge in [0.1, 0.15) is 17.2 Å². The van der Waals surface area contributed by atoms with E-state index in [2.05, 4.69) is 15.0 Å². The summed E-state index contributed by atoms with van der Waals surface area (Å²) in [5.41, 5.74) is 3.73. The molecule has 0 aliphatic carbocycles. The predicted molar refractivity (Wildman–Crippen MR) is 124 cm³/mol. The summed E-state index contributed by atoms with van der Waals surface area (Å²) in [5.74, 6) is 0.860. The normalized spacial score (nSPS) is 14.3. The molecule has 180 valence electrons. The van der Waals surface area contributed by atoms with Crippen LogP contribution < -0.4 is 4.90 Å². The van der Waals surface area contributed by atoms with Crippen LogP contribution in [-0.4, -0.2) is 55.6 Å². The fraction of sp³-hybridized carbons (Fsp3) is 0.280. The average molecular weight is 481 g/mol. The van der Waals surface area contributed by atoms with E-state index in [9.17, 15) is 23.1 Å². The number of imidazole rings is 1. The zero-order chi connectivity index (χ0) is 24.6. The molecule has 0 saturated carbocycles. The summed E-state index contributed by atoms with van der Waals surface area (Å²) in [4.78, 5) is 27.4. The van der Waals surface area contributed by atoms with Gasteiger partial charge in [0.25, 0.3) is 0 Å². The van der Waals surface area contributed by atoms with Crippen LogP contribution in [0.25, 0.3) is 28.3 Å². The molecule has 1 fully saturated rings. The van der Waals surface area contributed by atoms with E-state index in [1.54, 1.807) is 30.6 Å². The summed E-state index contributed by atoms with van der Waals surface area (Å²) >= 11 is 0. The molecule has 0 spiro atoms. The van der Waals surface area contributed by atoms with E-state index in [4.69, 9.17) is 0 Å². The lowest BCUT2D eigenvalue weighted by atomic mass is 10.0. The third-order valence-corrected chi connectivity index (χ3v) is 5.91. The smallest absolute Gasteiger partial charge is 0.389 e. The second-order valence-corrected chi connectivity index (χ2v) is 8.62. The molecule has 10 heteroatoms. The standard InChI is InChI=1S/C25H22F3N5O2/c26-25(27,28)7-4-19(34)11-16-2-1-3-17(10-16)21-13-30-23-12-18(6-9-33(21)23)24-29-8-5-22(31-24)32-14-20(35)15-32/h1-3,5-6,8-10,12-13,20,35H,4,7,11,14-15H2. The zero-order valence-electron chi connectivity index (χ0n) is 18.6. The number of aliphatic hydroxyl groups excluding tert-OH is 1. The topological polar surface area (TPSA) is 83.6 Å². The van der Waals surface area contributed by atoms with Gasteiger partial charge in [-0.15, -0.1) is 0 Å². The molecular weight excluding hydrogens is 459 g/mol. The van der Waals surface area contributed by atoms with Gasteiger partial charge in [-0.1, -0.05) is 18.2 Å². The number of β-amino-alcohol motifs (C(OH)–C–C–N with tert-alkyl or cyclic N) is 1. The van der Waals surface area contributed by atoms with Crippen molar-refractivity contribution in [3.63, 3.8) is 0 Å². The Labute approximate surface area is 198 Å². The lowest BCUT2D eigenvalue weighted by molar-refractivity contribution is -0.143. The molecule has 35 heavy (non-hydrogen) atoms. The highest BCUT2D eigenvalue weighted by molar-refractivity contribution is 5.81. The van der Waals surface area contributed by atoms with Crippen LogP contribution in [0.4, 0.5) is 19.0 Å².